The lowest BCUT2D eigenvalue weighted by Crippen LogP contribution is -2.40. The molecule has 2 aromatic carbocycles. The van der Waals surface area contributed by atoms with Crippen LogP contribution < -0.4 is 11.2 Å². The van der Waals surface area contributed by atoms with Crippen LogP contribution in [-0.2, 0) is 24.9 Å². The molecular formula is C26H22FN5O3. The van der Waals surface area contributed by atoms with E-state index in [4.69, 9.17) is 5.26 Å². The standard InChI is InChI=1S/C26H22FN5O3/c1-17-23(25(34)30(2)26(35)31(17)22-7-3-5-19(13-22)14-27)24-20(6-4-12-33)16-29-32(24)21-10-8-18(15-28)9-11-21/h3,5,7-13,16H,4,6,14H2,1-2H3. The molecule has 176 valence electrons. The topological polar surface area (TPSA) is 103 Å². The van der Waals surface area contributed by atoms with Gasteiger partial charge in [-0.3, -0.25) is 13.9 Å². The molecule has 4 rings (SSSR count). The number of nitrogens with zero attached hydrogens (tertiary/aromatic N) is 5. The second-order valence-corrected chi connectivity index (χ2v) is 8.04. The first-order valence-electron chi connectivity index (χ1n) is 10.9. The number of aromatic nitrogens is 4. The van der Waals surface area contributed by atoms with Crippen molar-refractivity contribution < 1.29 is 9.18 Å². The van der Waals surface area contributed by atoms with Crippen molar-refractivity contribution in [3.8, 4) is 28.7 Å². The van der Waals surface area contributed by atoms with Gasteiger partial charge in [-0.15, -0.1) is 0 Å². The van der Waals surface area contributed by atoms with Crippen molar-refractivity contribution in [2.24, 2.45) is 7.05 Å². The van der Waals surface area contributed by atoms with E-state index in [0.29, 0.717) is 45.9 Å². The third-order valence-corrected chi connectivity index (χ3v) is 5.87. The maximum Gasteiger partial charge on any atom is 0.335 e. The fourth-order valence-electron chi connectivity index (χ4n) is 4.09. The number of halogens is 1. The first-order chi connectivity index (χ1) is 16.9. The smallest absolute Gasteiger partial charge is 0.303 e. The lowest BCUT2D eigenvalue weighted by molar-refractivity contribution is -0.107. The van der Waals surface area contributed by atoms with Crippen LogP contribution in [0.2, 0.25) is 0 Å². The van der Waals surface area contributed by atoms with E-state index in [-0.39, 0.29) is 12.0 Å². The maximum absolute atomic E-state index is 13.5. The lowest BCUT2D eigenvalue weighted by Gasteiger charge is -2.18. The molecule has 0 spiro atoms. The van der Waals surface area contributed by atoms with Gasteiger partial charge in [0.25, 0.3) is 5.56 Å². The summed E-state index contributed by atoms with van der Waals surface area (Å²) >= 11 is 0. The fourth-order valence-corrected chi connectivity index (χ4v) is 4.09. The number of benzene rings is 2. The third-order valence-electron chi connectivity index (χ3n) is 5.87. The SMILES string of the molecule is Cc1c(-c2c(CCC=O)cnn2-c2ccc(C#N)cc2)c(=O)n(C)c(=O)n1-c1cccc(CF)c1. The molecule has 2 aromatic heterocycles. The van der Waals surface area contributed by atoms with Crippen LogP contribution >= 0.6 is 0 Å². The largest absolute Gasteiger partial charge is 0.335 e. The number of aryl methyl sites for hydroxylation is 1. The fraction of sp³-hybridized carbons (Fsp3) is 0.192. The Morgan fingerprint density at radius 2 is 1.86 bits per heavy atom. The number of alkyl halides is 1. The zero-order valence-electron chi connectivity index (χ0n) is 19.2. The van der Waals surface area contributed by atoms with Gasteiger partial charge >= 0.3 is 5.69 Å². The summed E-state index contributed by atoms with van der Waals surface area (Å²) in [6.07, 6.45) is 2.95. The summed E-state index contributed by atoms with van der Waals surface area (Å²) in [5.74, 6) is 0. The van der Waals surface area contributed by atoms with Gasteiger partial charge < -0.3 is 4.79 Å². The van der Waals surface area contributed by atoms with Gasteiger partial charge in [-0.2, -0.15) is 10.4 Å². The van der Waals surface area contributed by atoms with Crippen LogP contribution in [0.5, 0.6) is 0 Å². The maximum atomic E-state index is 13.5. The molecule has 0 atom stereocenters. The summed E-state index contributed by atoms with van der Waals surface area (Å²) in [7, 11) is 1.39. The van der Waals surface area contributed by atoms with Gasteiger partial charge in [0.2, 0.25) is 0 Å². The number of carbonyl (C=O) groups excluding carboxylic acids is 1. The Labute approximate surface area is 200 Å². The van der Waals surface area contributed by atoms with Crippen LogP contribution in [0.4, 0.5) is 4.39 Å². The molecule has 0 fully saturated rings. The number of hydrogen-bond donors (Lipinski definition) is 0. The van der Waals surface area contributed by atoms with E-state index in [0.717, 1.165) is 10.9 Å². The van der Waals surface area contributed by atoms with E-state index < -0.39 is 17.9 Å². The summed E-state index contributed by atoms with van der Waals surface area (Å²) in [6.45, 7) is 0.960. The number of aldehydes is 1. The summed E-state index contributed by atoms with van der Waals surface area (Å²) in [5.41, 5.74) is 2.52. The summed E-state index contributed by atoms with van der Waals surface area (Å²) in [4.78, 5) is 37.7. The van der Waals surface area contributed by atoms with Crippen molar-refractivity contribution in [1.82, 2.24) is 18.9 Å². The third kappa shape index (κ3) is 4.22. The monoisotopic (exact) mass is 471 g/mol. The first kappa shape index (κ1) is 23.6. The number of carbonyl (C=O) groups is 1. The molecule has 0 saturated carbocycles. The van der Waals surface area contributed by atoms with Crippen molar-refractivity contribution in [3.05, 3.63) is 98.0 Å². The summed E-state index contributed by atoms with van der Waals surface area (Å²) in [6, 6.07) is 15.3. The molecule has 0 unspecified atom stereocenters. The van der Waals surface area contributed by atoms with Crippen molar-refractivity contribution in [1.29, 1.82) is 5.26 Å². The van der Waals surface area contributed by atoms with Crippen LogP contribution in [-0.4, -0.2) is 25.2 Å². The Morgan fingerprint density at radius 3 is 2.51 bits per heavy atom. The average molecular weight is 471 g/mol. The average Bonchev–Trinajstić information content (AvgIpc) is 3.29. The zero-order chi connectivity index (χ0) is 25.1. The number of hydrogen-bond acceptors (Lipinski definition) is 5. The van der Waals surface area contributed by atoms with Crippen LogP contribution in [0, 0.1) is 18.3 Å². The van der Waals surface area contributed by atoms with Gasteiger partial charge in [0.05, 0.1) is 40.5 Å². The molecule has 0 saturated heterocycles. The van der Waals surface area contributed by atoms with E-state index >= 15 is 0 Å². The highest BCUT2D eigenvalue weighted by atomic mass is 19.1. The van der Waals surface area contributed by atoms with E-state index in [1.807, 2.05) is 0 Å². The minimum absolute atomic E-state index is 0.226. The minimum Gasteiger partial charge on any atom is -0.303 e. The summed E-state index contributed by atoms with van der Waals surface area (Å²) < 4.78 is 17.3. The van der Waals surface area contributed by atoms with E-state index in [9.17, 15) is 18.8 Å². The highest BCUT2D eigenvalue weighted by Crippen LogP contribution is 2.28. The van der Waals surface area contributed by atoms with Crippen LogP contribution in [0.1, 0.15) is 28.8 Å². The molecule has 0 radical (unpaired) electrons. The molecule has 0 N–H and O–H groups in total. The van der Waals surface area contributed by atoms with Crippen LogP contribution in [0.3, 0.4) is 0 Å². The van der Waals surface area contributed by atoms with Crippen LogP contribution in [0.25, 0.3) is 22.6 Å². The predicted octanol–water partition coefficient (Wildman–Crippen LogP) is 3.17. The van der Waals surface area contributed by atoms with Gasteiger partial charge in [-0.25, -0.2) is 13.9 Å². The molecule has 0 amide bonds. The Balaban J connectivity index is 2.05. The molecule has 0 aliphatic heterocycles. The molecule has 0 aliphatic rings. The predicted molar refractivity (Wildman–Crippen MR) is 128 cm³/mol. The minimum atomic E-state index is -0.693. The van der Waals surface area contributed by atoms with E-state index in [1.165, 1.54) is 11.6 Å². The van der Waals surface area contributed by atoms with Gasteiger partial charge in [0.1, 0.15) is 13.0 Å². The Hall–Kier alpha value is -4.58. The van der Waals surface area contributed by atoms with Crippen LogP contribution in [0.15, 0.2) is 64.3 Å². The second kappa shape index (κ2) is 9.73. The first-order valence-corrected chi connectivity index (χ1v) is 10.9. The highest BCUT2D eigenvalue weighted by Gasteiger charge is 2.24. The van der Waals surface area contributed by atoms with Crippen molar-refractivity contribution in [2.75, 3.05) is 0 Å². The number of rotatable bonds is 7. The second-order valence-electron chi connectivity index (χ2n) is 8.04. The Morgan fingerprint density at radius 1 is 1.11 bits per heavy atom. The van der Waals surface area contributed by atoms with Gasteiger partial charge in [-0.1, -0.05) is 12.1 Å². The molecule has 0 bridgehead atoms. The molecule has 35 heavy (non-hydrogen) atoms. The highest BCUT2D eigenvalue weighted by molar-refractivity contribution is 5.69. The van der Waals surface area contributed by atoms with E-state index in [1.54, 1.807) is 66.3 Å². The molecule has 9 heteroatoms. The Bertz CT molecular complexity index is 1570. The zero-order valence-corrected chi connectivity index (χ0v) is 19.2. The van der Waals surface area contributed by atoms with Crippen molar-refractivity contribution in [3.63, 3.8) is 0 Å². The quantitative estimate of drug-likeness (QED) is 0.385. The van der Waals surface area contributed by atoms with Gasteiger partial charge in [0, 0.05) is 19.2 Å². The summed E-state index contributed by atoms with van der Waals surface area (Å²) in [5, 5.41) is 13.6. The van der Waals surface area contributed by atoms with Gasteiger partial charge in [0.15, 0.2) is 0 Å². The van der Waals surface area contributed by atoms with Crippen molar-refractivity contribution >= 4 is 6.29 Å². The normalized spacial score (nSPS) is 10.8. The molecule has 0 aliphatic carbocycles. The number of nitriles is 1. The van der Waals surface area contributed by atoms with E-state index in [2.05, 4.69) is 11.2 Å². The van der Waals surface area contributed by atoms with Gasteiger partial charge in [-0.05, 0) is 60.9 Å². The molecule has 8 nitrogen and oxygen atoms in total. The lowest BCUT2D eigenvalue weighted by atomic mass is 10.0. The molecule has 2 heterocycles. The molecular weight excluding hydrogens is 449 g/mol. The van der Waals surface area contributed by atoms with Crippen molar-refractivity contribution in [2.45, 2.75) is 26.4 Å². The Kier molecular flexibility index (Phi) is 6.55. The molecule has 4 aromatic rings.